The van der Waals surface area contributed by atoms with Crippen molar-refractivity contribution in [2.45, 2.75) is 4.90 Å². The lowest BCUT2D eigenvalue weighted by molar-refractivity contribution is 0.0831. The van der Waals surface area contributed by atoms with Gasteiger partial charge in [-0.1, -0.05) is 23.2 Å². The molecule has 0 spiro atoms. The summed E-state index contributed by atoms with van der Waals surface area (Å²) in [7, 11) is -3.93. The number of anilines is 1. The van der Waals surface area contributed by atoms with Crippen molar-refractivity contribution in [2.75, 3.05) is 4.72 Å². The number of halogens is 2. The van der Waals surface area contributed by atoms with Crippen LogP contribution in [0, 0.1) is 0 Å². The molecule has 8 nitrogen and oxygen atoms in total. The quantitative estimate of drug-likeness (QED) is 0.504. The van der Waals surface area contributed by atoms with E-state index < -0.39 is 21.8 Å². The second-order valence-electron chi connectivity index (χ2n) is 5.26. The summed E-state index contributed by atoms with van der Waals surface area (Å²) in [4.78, 5) is 23.6. The molecule has 0 saturated heterocycles. The molecule has 12 heteroatoms. The smallest absolute Gasteiger partial charge is 0.305 e. The molecule has 0 aliphatic rings. The Morgan fingerprint density at radius 2 is 1.68 bits per heavy atom. The van der Waals surface area contributed by atoms with E-state index in [2.05, 4.69) is 15.6 Å². The van der Waals surface area contributed by atoms with Crippen molar-refractivity contribution in [1.82, 2.24) is 10.9 Å². The molecule has 0 unspecified atom stereocenters. The Bertz CT molecular complexity index is 1110. The van der Waals surface area contributed by atoms with E-state index in [4.69, 9.17) is 27.6 Å². The van der Waals surface area contributed by atoms with Crippen molar-refractivity contribution in [3.05, 3.63) is 68.7 Å². The second-order valence-corrected chi connectivity index (χ2v) is 9.19. The fourth-order valence-corrected chi connectivity index (χ4v) is 5.27. The average Bonchev–Trinajstić information content (AvgIpc) is 3.29. The summed E-state index contributed by atoms with van der Waals surface area (Å²) in [5, 5.41) is 0. The van der Waals surface area contributed by atoms with E-state index in [1.165, 1.54) is 48.7 Å². The molecule has 2 heterocycles. The van der Waals surface area contributed by atoms with E-state index in [9.17, 15) is 18.0 Å². The number of carbonyl (C=O) groups excluding carboxylic acids is 2. The Kier molecular flexibility index (Phi) is 5.94. The van der Waals surface area contributed by atoms with Crippen LogP contribution in [-0.2, 0) is 10.0 Å². The number of hydrogen-bond donors (Lipinski definition) is 3. The van der Waals surface area contributed by atoms with Gasteiger partial charge in [-0.2, -0.15) is 0 Å². The summed E-state index contributed by atoms with van der Waals surface area (Å²) in [5.41, 5.74) is 4.83. The summed E-state index contributed by atoms with van der Waals surface area (Å²) >= 11 is 12.6. The van der Waals surface area contributed by atoms with Crippen LogP contribution in [0.1, 0.15) is 20.9 Å². The van der Waals surface area contributed by atoms with E-state index >= 15 is 0 Å². The molecule has 0 bridgehead atoms. The van der Waals surface area contributed by atoms with Crippen LogP contribution in [-0.4, -0.2) is 20.2 Å². The van der Waals surface area contributed by atoms with Crippen LogP contribution < -0.4 is 15.6 Å². The van der Waals surface area contributed by atoms with Crippen LogP contribution in [0.3, 0.4) is 0 Å². The molecular weight excluding hydrogens is 449 g/mol. The Morgan fingerprint density at radius 3 is 2.25 bits per heavy atom. The van der Waals surface area contributed by atoms with Gasteiger partial charge in [-0.05, 0) is 42.5 Å². The molecular formula is C16H11Cl2N3O5S2. The Hall–Kier alpha value is -2.53. The number of hydrazine groups is 1. The molecule has 0 saturated carbocycles. The van der Waals surface area contributed by atoms with E-state index in [1.807, 2.05) is 0 Å². The Labute approximate surface area is 173 Å². The minimum atomic E-state index is -3.93. The molecule has 3 aromatic rings. The van der Waals surface area contributed by atoms with Crippen molar-refractivity contribution < 1.29 is 22.4 Å². The third-order valence-corrected chi connectivity index (χ3v) is 6.48. The zero-order valence-corrected chi connectivity index (χ0v) is 16.9. The molecule has 1 aromatic carbocycles. The summed E-state index contributed by atoms with van der Waals surface area (Å²) < 4.78 is 32.3. The van der Waals surface area contributed by atoms with Crippen LogP contribution in [0.15, 0.2) is 58.0 Å². The lowest BCUT2D eigenvalue weighted by Gasteiger charge is -2.09. The third kappa shape index (κ3) is 4.65. The fraction of sp³-hybridized carbons (Fsp3) is 0. The Morgan fingerprint density at radius 1 is 1.00 bits per heavy atom. The number of amides is 2. The maximum atomic E-state index is 12.4. The highest BCUT2D eigenvalue weighted by atomic mass is 35.5. The van der Waals surface area contributed by atoms with Crippen molar-refractivity contribution in [3.63, 3.8) is 0 Å². The van der Waals surface area contributed by atoms with Crippen molar-refractivity contribution >= 4 is 62.1 Å². The van der Waals surface area contributed by atoms with E-state index in [-0.39, 0.29) is 30.6 Å². The van der Waals surface area contributed by atoms with Gasteiger partial charge in [-0.25, -0.2) is 8.42 Å². The summed E-state index contributed by atoms with van der Waals surface area (Å²) in [6.45, 7) is 0. The number of furan rings is 1. The van der Waals surface area contributed by atoms with Gasteiger partial charge in [0.25, 0.3) is 15.9 Å². The van der Waals surface area contributed by atoms with Gasteiger partial charge in [0.15, 0.2) is 5.76 Å². The first-order chi connectivity index (χ1) is 13.3. The maximum absolute atomic E-state index is 12.4. The molecule has 28 heavy (non-hydrogen) atoms. The molecule has 3 N–H and O–H groups in total. The highest BCUT2D eigenvalue weighted by Crippen LogP contribution is 2.35. The van der Waals surface area contributed by atoms with Gasteiger partial charge >= 0.3 is 5.91 Å². The SMILES string of the molecule is O=C(NNC(=O)c1ccco1)c1ccc(NS(=O)(=O)c2cc(Cl)sc2Cl)cc1. The lowest BCUT2D eigenvalue weighted by Crippen LogP contribution is -2.41. The molecule has 0 aliphatic heterocycles. The maximum Gasteiger partial charge on any atom is 0.305 e. The third-order valence-electron chi connectivity index (χ3n) is 3.35. The minimum Gasteiger partial charge on any atom is -0.459 e. The van der Waals surface area contributed by atoms with E-state index in [0.717, 1.165) is 11.3 Å². The number of sulfonamides is 1. The Balaban J connectivity index is 1.63. The highest BCUT2D eigenvalue weighted by molar-refractivity contribution is 7.93. The minimum absolute atomic E-state index is 0.0391. The van der Waals surface area contributed by atoms with Crippen LogP contribution >= 0.6 is 34.5 Å². The average molecular weight is 460 g/mol. The lowest BCUT2D eigenvalue weighted by atomic mass is 10.2. The summed E-state index contributed by atoms with van der Waals surface area (Å²) in [6.07, 6.45) is 1.33. The van der Waals surface area contributed by atoms with Crippen LogP contribution in [0.4, 0.5) is 5.69 Å². The number of rotatable bonds is 5. The highest BCUT2D eigenvalue weighted by Gasteiger charge is 2.21. The normalized spacial score (nSPS) is 11.1. The van der Waals surface area contributed by atoms with Gasteiger partial charge in [0.2, 0.25) is 0 Å². The van der Waals surface area contributed by atoms with Gasteiger partial charge in [0.05, 0.1) is 10.6 Å². The largest absolute Gasteiger partial charge is 0.459 e. The van der Waals surface area contributed by atoms with E-state index in [1.54, 1.807) is 0 Å². The molecule has 0 radical (unpaired) electrons. The molecule has 3 rings (SSSR count). The van der Waals surface area contributed by atoms with Crippen molar-refractivity contribution in [3.8, 4) is 0 Å². The number of nitrogens with one attached hydrogen (secondary N) is 3. The number of thiophene rings is 1. The van der Waals surface area contributed by atoms with Gasteiger partial charge in [0.1, 0.15) is 9.23 Å². The van der Waals surface area contributed by atoms with E-state index in [0.29, 0.717) is 0 Å². The first-order valence-corrected chi connectivity index (χ1v) is 10.5. The number of benzene rings is 1. The first kappa shape index (κ1) is 20.2. The first-order valence-electron chi connectivity index (χ1n) is 7.48. The second kappa shape index (κ2) is 8.23. The van der Waals surface area contributed by atoms with Gasteiger partial charge in [-0.15, -0.1) is 11.3 Å². The fourth-order valence-electron chi connectivity index (χ4n) is 2.06. The molecule has 0 fully saturated rings. The molecule has 0 atom stereocenters. The standard InChI is InChI=1S/C16H11Cl2N3O5S2/c17-13-8-12(14(18)27-13)28(24,25)21-10-5-3-9(4-6-10)15(22)19-20-16(23)11-2-1-7-26-11/h1-8,21H,(H,19,22)(H,20,23). The van der Waals surface area contributed by atoms with Gasteiger partial charge < -0.3 is 4.42 Å². The van der Waals surface area contributed by atoms with Crippen molar-refractivity contribution in [2.24, 2.45) is 0 Å². The monoisotopic (exact) mass is 459 g/mol. The molecule has 2 amide bonds. The summed E-state index contributed by atoms with van der Waals surface area (Å²) in [5.74, 6) is -1.17. The predicted molar refractivity (Wildman–Crippen MR) is 105 cm³/mol. The zero-order chi connectivity index (χ0) is 20.3. The van der Waals surface area contributed by atoms with Crippen molar-refractivity contribution in [1.29, 1.82) is 0 Å². The topological polar surface area (TPSA) is 118 Å². The molecule has 2 aromatic heterocycles. The predicted octanol–water partition coefficient (Wildman–Crippen LogP) is 3.52. The van der Waals surface area contributed by atoms with Crippen LogP contribution in [0.2, 0.25) is 8.67 Å². The zero-order valence-electron chi connectivity index (χ0n) is 13.7. The molecule has 146 valence electrons. The van der Waals surface area contributed by atoms with Crippen LogP contribution in [0.25, 0.3) is 0 Å². The number of carbonyl (C=O) groups is 2. The van der Waals surface area contributed by atoms with Gasteiger partial charge in [0, 0.05) is 11.3 Å². The summed E-state index contributed by atoms with van der Waals surface area (Å²) in [6, 6.07) is 9.78. The number of hydrogen-bond acceptors (Lipinski definition) is 6. The van der Waals surface area contributed by atoms with Crippen LogP contribution in [0.5, 0.6) is 0 Å². The van der Waals surface area contributed by atoms with Gasteiger partial charge in [-0.3, -0.25) is 25.2 Å². The molecule has 0 aliphatic carbocycles.